The van der Waals surface area contributed by atoms with Crippen molar-refractivity contribution >= 4 is 18.3 Å². The molecule has 1 aliphatic rings. The average molecular weight is 330 g/mol. The summed E-state index contributed by atoms with van der Waals surface area (Å²) in [6.07, 6.45) is 2.28. The van der Waals surface area contributed by atoms with Crippen LogP contribution < -0.4 is 10.6 Å². The zero-order valence-electron chi connectivity index (χ0n) is 13.2. The Balaban J connectivity index is 0.00000242. The molecule has 1 saturated heterocycles. The smallest absolute Gasteiger partial charge is 0.234 e. The van der Waals surface area contributed by atoms with E-state index in [9.17, 15) is 9.18 Å². The number of nitrogens with zero attached hydrogens (tertiary/aromatic N) is 1. The molecule has 124 valence electrons. The lowest BCUT2D eigenvalue weighted by Crippen LogP contribution is -2.47. The Kier molecular flexibility index (Phi) is 7.79. The Morgan fingerprint density at radius 3 is 2.91 bits per heavy atom. The second kappa shape index (κ2) is 9.08. The molecule has 0 spiro atoms. The Morgan fingerprint density at radius 1 is 1.45 bits per heavy atom. The molecule has 2 N–H and O–H groups in total. The molecule has 0 radical (unpaired) electrons. The van der Waals surface area contributed by atoms with Crippen LogP contribution in [0.25, 0.3) is 0 Å². The number of piperidine rings is 1. The van der Waals surface area contributed by atoms with Gasteiger partial charge >= 0.3 is 0 Å². The summed E-state index contributed by atoms with van der Waals surface area (Å²) in [6.45, 7) is 4.38. The van der Waals surface area contributed by atoms with Crippen molar-refractivity contribution in [1.82, 2.24) is 15.5 Å². The fraction of sp³-hybridized carbons (Fsp3) is 0.562. The number of benzene rings is 1. The molecular formula is C16H25ClFN3O. The Morgan fingerprint density at radius 2 is 2.23 bits per heavy atom. The van der Waals surface area contributed by atoms with Gasteiger partial charge in [0.2, 0.25) is 5.91 Å². The van der Waals surface area contributed by atoms with Crippen LogP contribution in [0.4, 0.5) is 4.39 Å². The van der Waals surface area contributed by atoms with Crippen LogP contribution >= 0.6 is 12.4 Å². The van der Waals surface area contributed by atoms with Crippen molar-refractivity contribution in [3.05, 3.63) is 35.1 Å². The standard InChI is InChI=1S/C16H24FN3O.ClH/c1-12-5-6-13(8-15(12)17)9-19-16(21)11-20-7-3-4-14(10-20)18-2;/h5-6,8,14,18H,3-4,7,9-11H2,1-2H3,(H,19,21);1H. The molecule has 22 heavy (non-hydrogen) atoms. The SMILES string of the molecule is CNC1CCCN(CC(=O)NCc2ccc(C)c(F)c2)C1.Cl. The minimum Gasteiger partial charge on any atom is -0.351 e. The summed E-state index contributed by atoms with van der Waals surface area (Å²) < 4.78 is 13.4. The quantitative estimate of drug-likeness (QED) is 0.866. The molecule has 0 bridgehead atoms. The van der Waals surface area contributed by atoms with Gasteiger partial charge in [0.05, 0.1) is 6.54 Å². The van der Waals surface area contributed by atoms with E-state index in [1.165, 1.54) is 6.07 Å². The number of rotatable bonds is 5. The highest BCUT2D eigenvalue weighted by atomic mass is 35.5. The van der Waals surface area contributed by atoms with Crippen LogP contribution in [-0.2, 0) is 11.3 Å². The van der Waals surface area contributed by atoms with Crippen molar-refractivity contribution in [3.63, 3.8) is 0 Å². The summed E-state index contributed by atoms with van der Waals surface area (Å²) >= 11 is 0. The zero-order valence-corrected chi connectivity index (χ0v) is 14.0. The van der Waals surface area contributed by atoms with Crippen molar-refractivity contribution in [2.45, 2.75) is 32.4 Å². The average Bonchev–Trinajstić information content (AvgIpc) is 2.48. The number of likely N-dealkylation sites (N-methyl/N-ethyl adjacent to an activating group) is 1. The van der Waals surface area contributed by atoms with Gasteiger partial charge in [-0.1, -0.05) is 12.1 Å². The molecule has 4 nitrogen and oxygen atoms in total. The van der Waals surface area contributed by atoms with Gasteiger partial charge in [-0.15, -0.1) is 12.4 Å². The van der Waals surface area contributed by atoms with E-state index >= 15 is 0 Å². The number of hydrogen-bond acceptors (Lipinski definition) is 3. The summed E-state index contributed by atoms with van der Waals surface area (Å²) in [5, 5.41) is 6.12. The highest BCUT2D eigenvalue weighted by molar-refractivity contribution is 5.85. The molecule has 0 saturated carbocycles. The van der Waals surface area contributed by atoms with E-state index in [-0.39, 0.29) is 24.1 Å². The molecule has 1 amide bonds. The first-order chi connectivity index (χ1) is 10.1. The number of nitrogens with one attached hydrogen (secondary N) is 2. The van der Waals surface area contributed by atoms with Crippen molar-refractivity contribution in [2.75, 3.05) is 26.7 Å². The molecule has 1 aliphatic heterocycles. The van der Waals surface area contributed by atoms with Crippen molar-refractivity contribution in [2.24, 2.45) is 0 Å². The second-order valence-electron chi connectivity index (χ2n) is 5.72. The van der Waals surface area contributed by atoms with E-state index in [0.29, 0.717) is 24.7 Å². The van der Waals surface area contributed by atoms with Gasteiger partial charge in [-0.05, 0) is 50.6 Å². The third kappa shape index (κ3) is 5.55. The second-order valence-corrected chi connectivity index (χ2v) is 5.72. The Hall–Kier alpha value is -1.17. The maximum Gasteiger partial charge on any atom is 0.234 e. The molecular weight excluding hydrogens is 305 g/mol. The Bertz CT molecular complexity index is 498. The monoisotopic (exact) mass is 329 g/mol. The number of likely N-dealkylation sites (tertiary alicyclic amines) is 1. The Labute approximate surface area is 137 Å². The molecule has 1 unspecified atom stereocenters. The predicted octanol–water partition coefficient (Wildman–Crippen LogP) is 1.86. The van der Waals surface area contributed by atoms with Gasteiger partial charge in [-0.2, -0.15) is 0 Å². The van der Waals surface area contributed by atoms with Gasteiger partial charge < -0.3 is 10.6 Å². The molecule has 1 aromatic rings. The molecule has 6 heteroatoms. The fourth-order valence-corrected chi connectivity index (χ4v) is 2.64. The first-order valence-corrected chi connectivity index (χ1v) is 7.50. The molecule has 2 rings (SSSR count). The van der Waals surface area contributed by atoms with Crippen LogP contribution in [0.2, 0.25) is 0 Å². The summed E-state index contributed by atoms with van der Waals surface area (Å²) in [4.78, 5) is 14.1. The van der Waals surface area contributed by atoms with Gasteiger partial charge in [0, 0.05) is 19.1 Å². The van der Waals surface area contributed by atoms with Crippen LogP contribution in [-0.4, -0.2) is 43.5 Å². The number of halogens is 2. The molecule has 1 fully saturated rings. The van der Waals surface area contributed by atoms with E-state index in [2.05, 4.69) is 15.5 Å². The van der Waals surface area contributed by atoms with E-state index in [1.54, 1.807) is 13.0 Å². The molecule has 1 atom stereocenters. The summed E-state index contributed by atoms with van der Waals surface area (Å²) in [5.74, 6) is -0.234. The van der Waals surface area contributed by atoms with Crippen molar-refractivity contribution in [3.8, 4) is 0 Å². The number of amides is 1. The lowest BCUT2D eigenvalue weighted by atomic mass is 10.1. The highest BCUT2D eigenvalue weighted by Crippen LogP contribution is 2.10. The van der Waals surface area contributed by atoms with Gasteiger partial charge in [-0.3, -0.25) is 9.69 Å². The summed E-state index contributed by atoms with van der Waals surface area (Å²) in [6, 6.07) is 5.53. The van der Waals surface area contributed by atoms with Crippen LogP contribution in [0.3, 0.4) is 0 Å². The zero-order chi connectivity index (χ0) is 15.2. The summed E-state index contributed by atoms with van der Waals surface area (Å²) in [5.41, 5.74) is 1.41. The van der Waals surface area contributed by atoms with Crippen LogP contribution in [0.15, 0.2) is 18.2 Å². The number of aryl methyl sites for hydroxylation is 1. The van der Waals surface area contributed by atoms with Crippen LogP contribution in [0.1, 0.15) is 24.0 Å². The molecule has 1 aromatic carbocycles. The third-order valence-electron chi connectivity index (χ3n) is 4.01. The van der Waals surface area contributed by atoms with Crippen LogP contribution in [0.5, 0.6) is 0 Å². The minimum absolute atomic E-state index is 0. The topological polar surface area (TPSA) is 44.4 Å². The molecule has 0 aromatic heterocycles. The van der Waals surface area contributed by atoms with Crippen molar-refractivity contribution < 1.29 is 9.18 Å². The van der Waals surface area contributed by atoms with E-state index in [0.717, 1.165) is 31.5 Å². The highest BCUT2D eigenvalue weighted by Gasteiger charge is 2.20. The first kappa shape index (κ1) is 18.9. The molecule has 0 aliphatic carbocycles. The maximum absolute atomic E-state index is 13.4. The lowest BCUT2D eigenvalue weighted by Gasteiger charge is -2.31. The first-order valence-electron chi connectivity index (χ1n) is 7.50. The van der Waals surface area contributed by atoms with Gasteiger partial charge in [-0.25, -0.2) is 4.39 Å². The van der Waals surface area contributed by atoms with Crippen molar-refractivity contribution in [1.29, 1.82) is 0 Å². The number of carbonyl (C=O) groups is 1. The van der Waals surface area contributed by atoms with Gasteiger partial charge in [0.25, 0.3) is 0 Å². The fourth-order valence-electron chi connectivity index (χ4n) is 2.64. The normalized spacial score (nSPS) is 18.6. The minimum atomic E-state index is -0.227. The van der Waals surface area contributed by atoms with E-state index < -0.39 is 0 Å². The van der Waals surface area contributed by atoms with E-state index in [1.807, 2.05) is 13.1 Å². The van der Waals surface area contributed by atoms with E-state index in [4.69, 9.17) is 0 Å². The maximum atomic E-state index is 13.4. The van der Waals surface area contributed by atoms with Gasteiger partial charge in [0.1, 0.15) is 5.82 Å². The predicted molar refractivity (Wildman–Crippen MR) is 88.8 cm³/mol. The molecule has 1 heterocycles. The van der Waals surface area contributed by atoms with Crippen LogP contribution in [0, 0.1) is 12.7 Å². The number of hydrogen-bond donors (Lipinski definition) is 2. The lowest BCUT2D eigenvalue weighted by molar-refractivity contribution is -0.122. The summed E-state index contributed by atoms with van der Waals surface area (Å²) in [7, 11) is 1.96. The van der Waals surface area contributed by atoms with Gasteiger partial charge in [0.15, 0.2) is 0 Å². The number of carbonyl (C=O) groups excluding carboxylic acids is 1. The third-order valence-corrected chi connectivity index (χ3v) is 4.01. The largest absolute Gasteiger partial charge is 0.351 e.